The summed E-state index contributed by atoms with van der Waals surface area (Å²) in [6, 6.07) is 3.99. The minimum Gasteiger partial charge on any atom is -0.507 e. The van der Waals surface area contributed by atoms with Crippen LogP contribution in [0.4, 0.5) is 0 Å². The zero-order valence-corrected chi connectivity index (χ0v) is 9.84. The Kier molecular flexibility index (Phi) is 3.99. The highest BCUT2D eigenvalue weighted by Gasteiger charge is 2.04. The summed E-state index contributed by atoms with van der Waals surface area (Å²) in [4.78, 5) is 0. The average molecular weight is 291 g/mol. The van der Waals surface area contributed by atoms with Crippen molar-refractivity contribution in [1.82, 2.24) is 0 Å². The molecule has 1 aromatic rings. The highest BCUT2D eigenvalue weighted by Crippen LogP contribution is 2.25. The third kappa shape index (κ3) is 2.84. The summed E-state index contributed by atoms with van der Waals surface area (Å²) >= 11 is 2.26. The molecule has 0 aliphatic heterocycles. The van der Waals surface area contributed by atoms with Gasteiger partial charge in [-0.3, -0.25) is 0 Å². The first kappa shape index (κ1) is 10.8. The molecular formula is C10H14INO. The Bertz CT molecular complexity index is 299. The molecule has 13 heavy (non-hydrogen) atoms. The summed E-state index contributed by atoms with van der Waals surface area (Å²) in [7, 11) is 0. The molecule has 3 N–H and O–H groups in total. The molecule has 0 amide bonds. The number of benzene rings is 1. The van der Waals surface area contributed by atoms with Gasteiger partial charge in [-0.25, -0.2) is 0 Å². The van der Waals surface area contributed by atoms with Gasteiger partial charge in [-0.1, -0.05) is 0 Å². The maximum Gasteiger partial charge on any atom is 0.121 e. The summed E-state index contributed by atoms with van der Waals surface area (Å²) in [5.41, 5.74) is 7.37. The van der Waals surface area contributed by atoms with E-state index in [2.05, 4.69) is 22.6 Å². The zero-order chi connectivity index (χ0) is 9.84. The predicted molar refractivity (Wildman–Crippen MR) is 62.9 cm³/mol. The van der Waals surface area contributed by atoms with Crippen molar-refractivity contribution in [3.63, 3.8) is 0 Å². The molecule has 0 spiro atoms. The number of phenols is 1. The van der Waals surface area contributed by atoms with Crippen molar-refractivity contribution in [2.45, 2.75) is 19.8 Å². The molecule has 0 unspecified atom stereocenters. The molecule has 0 saturated heterocycles. The monoisotopic (exact) mass is 291 g/mol. The number of aryl methyl sites for hydroxylation is 2. The van der Waals surface area contributed by atoms with Crippen molar-refractivity contribution in [1.29, 1.82) is 0 Å². The van der Waals surface area contributed by atoms with Crippen molar-refractivity contribution in [3.05, 3.63) is 26.8 Å². The van der Waals surface area contributed by atoms with Crippen LogP contribution in [-0.2, 0) is 6.42 Å². The van der Waals surface area contributed by atoms with E-state index in [1.165, 1.54) is 3.57 Å². The van der Waals surface area contributed by atoms with Crippen molar-refractivity contribution < 1.29 is 5.11 Å². The Labute approximate surface area is 92.3 Å². The number of hydrogen-bond donors (Lipinski definition) is 2. The Hall–Kier alpha value is -0.290. The van der Waals surface area contributed by atoms with Crippen LogP contribution in [0.3, 0.4) is 0 Å². The lowest BCUT2D eigenvalue weighted by atomic mass is 10.1. The summed E-state index contributed by atoms with van der Waals surface area (Å²) in [5.74, 6) is 0.425. The predicted octanol–water partition coefficient (Wildman–Crippen LogP) is 2.20. The second-order valence-corrected chi connectivity index (χ2v) is 4.37. The number of phenolic OH excluding ortho intramolecular Hbond substituents is 1. The minimum atomic E-state index is 0.425. The highest BCUT2D eigenvalue weighted by atomic mass is 127. The van der Waals surface area contributed by atoms with E-state index in [0.29, 0.717) is 12.3 Å². The van der Waals surface area contributed by atoms with Gasteiger partial charge in [-0.05, 0) is 72.2 Å². The van der Waals surface area contributed by atoms with Gasteiger partial charge in [-0.2, -0.15) is 0 Å². The number of halogens is 1. The van der Waals surface area contributed by atoms with Gasteiger partial charge in [0.15, 0.2) is 0 Å². The summed E-state index contributed by atoms with van der Waals surface area (Å²) < 4.78 is 1.17. The lowest BCUT2D eigenvalue weighted by Crippen LogP contribution is -2.01. The molecule has 2 nitrogen and oxygen atoms in total. The van der Waals surface area contributed by atoms with E-state index in [1.54, 1.807) is 0 Å². The van der Waals surface area contributed by atoms with E-state index >= 15 is 0 Å². The third-order valence-electron chi connectivity index (χ3n) is 1.99. The van der Waals surface area contributed by atoms with E-state index in [1.807, 2.05) is 19.1 Å². The first-order valence-electron chi connectivity index (χ1n) is 4.33. The fourth-order valence-corrected chi connectivity index (χ4v) is 2.13. The standard InChI is InChI=1S/C10H14INO/c1-7-5-9(11)6-8(10(7)13)3-2-4-12/h5-6,13H,2-4,12H2,1H3. The number of rotatable bonds is 3. The molecule has 0 aliphatic rings. The highest BCUT2D eigenvalue weighted by molar-refractivity contribution is 14.1. The first-order valence-corrected chi connectivity index (χ1v) is 5.41. The van der Waals surface area contributed by atoms with E-state index in [-0.39, 0.29) is 0 Å². The van der Waals surface area contributed by atoms with Crippen LogP contribution >= 0.6 is 22.6 Å². The molecule has 0 aliphatic carbocycles. The molecule has 72 valence electrons. The van der Waals surface area contributed by atoms with Gasteiger partial charge >= 0.3 is 0 Å². The Morgan fingerprint density at radius 1 is 1.46 bits per heavy atom. The second kappa shape index (κ2) is 4.81. The van der Waals surface area contributed by atoms with Gasteiger partial charge in [0.05, 0.1) is 0 Å². The molecular weight excluding hydrogens is 277 g/mol. The Morgan fingerprint density at radius 2 is 2.15 bits per heavy atom. The lowest BCUT2D eigenvalue weighted by Gasteiger charge is -2.07. The third-order valence-corrected chi connectivity index (χ3v) is 2.62. The Morgan fingerprint density at radius 3 is 2.77 bits per heavy atom. The maximum absolute atomic E-state index is 9.70. The molecule has 0 radical (unpaired) electrons. The van der Waals surface area contributed by atoms with Crippen molar-refractivity contribution in [3.8, 4) is 5.75 Å². The van der Waals surface area contributed by atoms with E-state index in [9.17, 15) is 5.11 Å². The quantitative estimate of drug-likeness (QED) is 0.839. The first-order chi connectivity index (χ1) is 6.15. The smallest absolute Gasteiger partial charge is 0.121 e. The van der Waals surface area contributed by atoms with Crippen LogP contribution in [0.1, 0.15) is 17.5 Å². The Balaban J connectivity index is 2.92. The van der Waals surface area contributed by atoms with Crippen LogP contribution in [0.15, 0.2) is 12.1 Å². The SMILES string of the molecule is Cc1cc(I)cc(CCCN)c1O. The summed E-state index contributed by atoms with van der Waals surface area (Å²) in [6.45, 7) is 2.59. The molecule has 1 aromatic carbocycles. The number of nitrogens with two attached hydrogens (primary N) is 1. The van der Waals surface area contributed by atoms with Crippen molar-refractivity contribution in [2.75, 3.05) is 6.54 Å². The van der Waals surface area contributed by atoms with Gasteiger partial charge in [0.2, 0.25) is 0 Å². The van der Waals surface area contributed by atoms with E-state index < -0.39 is 0 Å². The zero-order valence-electron chi connectivity index (χ0n) is 7.68. The molecule has 0 fully saturated rings. The van der Waals surface area contributed by atoms with Crippen molar-refractivity contribution >= 4 is 22.6 Å². The molecule has 0 heterocycles. The number of aromatic hydroxyl groups is 1. The maximum atomic E-state index is 9.70. The van der Waals surface area contributed by atoms with Crippen molar-refractivity contribution in [2.24, 2.45) is 5.73 Å². The number of hydrogen-bond acceptors (Lipinski definition) is 2. The molecule has 3 heteroatoms. The van der Waals surface area contributed by atoms with Crippen LogP contribution in [-0.4, -0.2) is 11.7 Å². The molecule has 0 atom stereocenters. The van der Waals surface area contributed by atoms with Gasteiger partial charge in [0.1, 0.15) is 5.75 Å². The van der Waals surface area contributed by atoms with Gasteiger partial charge < -0.3 is 10.8 Å². The van der Waals surface area contributed by atoms with Crippen LogP contribution in [0, 0.1) is 10.5 Å². The van der Waals surface area contributed by atoms with E-state index in [4.69, 9.17) is 5.73 Å². The van der Waals surface area contributed by atoms with Gasteiger partial charge in [0.25, 0.3) is 0 Å². The molecule has 0 aromatic heterocycles. The normalized spacial score (nSPS) is 10.4. The average Bonchev–Trinajstić information content (AvgIpc) is 2.09. The van der Waals surface area contributed by atoms with Crippen LogP contribution < -0.4 is 5.73 Å². The van der Waals surface area contributed by atoms with Gasteiger partial charge in [0, 0.05) is 3.57 Å². The second-order valence-electron chi connectivity index (χ2n) is 3.12. The van der Waals surface area contributed by atoms with Gasteiger partial charge in [-0.15, -0.1) is 0 Å². The topological polar surface area (TPSA) is 46.2 Å². The molecule has 0 bridgehead atoms. The molecule has 0 saturated carbocycles. The fraction of sp³-hybridized carbons (Fsp3) is 0.400. The lowest BCUT2D eigenvalue weighted by molar-refractivity contribution is 0.463. The largest absolute Gasteiger partial charge is 0.507 e. The summed E-state index contributed by atoms with van der Waals surface area (Å²) in [6.07, 6.45) is 1.78. The van der Waals surface area contributed by atoms with E-state index in [0.717, 1.165) is 24.0 Å². The summed E-state index contributed by atoms with van der Waals surface area (Å²) in [5, 5.41) is 9.70. The van der Waals surface area contributed by atoms with Crippen LogP contribution in [0.2, 0.25) is 0 Å². The van der Waals surface area contributed by atoms with Crippen LogP contribution in [0.5, 0.6) is 5.75 Å². The fourth-order valence-electron chi connectivity index (χ4n) is 1.29. The molecule has 1 rings (SSSR count). The minimum absolute atomic E-state index is 0.425. The van der Waals surface area contributed by atoms with Crippen LogP contribution in [0.25, 0.3) is 0 Å².